The van der Waals surface area contributed by atoms with E-state index in [9.17, 15) is 9.59 Å². The van der Waals surface area contributed by atoms with E-state index in [1.807, 2.05) is 24.3 Å². The lowest BCUT2D eigenvalue weighted by Gasteiger charge is -2.04. The van der Waals surface area contributed by atoms with Gasteiger partial charge in [0, 0.05) is 6.42 Å². The highest BCUT2D eigenvalue weighted by atomic mass is 32.1. The predicted octanol–water partition coefficient (Wildman–Crippen LogP) is 2.82. The first-order chi connectivity index (χ1) is 11.0. The van der Waals surface area contributed by atoms with Crippen molar-refractivity contribution in [1.82, 2.24) is 4.98 Å². The quantitative estimate of drug-likeness (QED) is 0.822. The Labute approximate surface area is 138 Å². The average molecular weight is 334 g/mol. The number of nitrogens with one attached hydrogen (secondary N) is 1. The molecule has 0 aliphatic heterocycles. The summed E-state index contributed by atoms with van der Waals surface area (Å²) in [6.45, 7) is 1.70. The molecule has 0 aliphatic rings. The van der Waals surface area contributed by atoms with Crippen LogP contribution in [0, 0.1) is 6.92 Å². The summed E-state index contributed by atoms with van der Waals surface area (Å²) in [6, 6.07) is 7.57. The zero-order valence-electron chi connectivity index (χ0n) is 13.2. The van der Waals surface area contributed by atoms with Gasteiger partial charge in [0.1, 0.15) is 10.6 Å². The van der Waals surface area contributed by atoms with Crippen molar-refractivity contribution >= 4 is 28.3 Å². The van der Waals surface area contributed by atoms with Gasteiger partial charge in [0.2, 0.25) is 5.91 Å². The number of amides is 1. The number of esters is 1. The number of carbonyl (C=O) groups is 2. The van der Waals surface area contributed by atoms with E-state index in [0.29, 0.717) is 28.5 Å². The normalized spacial score (nSPS) is 10.2. The highest BCUT2D eigenvalue weighted by Crippen LogP contribution is 2.23. The summed E-state index contributed by atoms with van der Waals surface area (Å²) in [4.78, 5) is 28.1. The van der Waals surface area contributed by atoms with Crippen LogP contribution in [0.4, 0.5) is 5.13 Å². The van der Waals surface area contributed by atoms with Crippen molar-refractivity contribution in [3.63, 3.8) is 0 Å². The fourth-order valence-corrected chi connectivity index (χ4v) is 2.86. The molecule has 0 saturated heterocycles. The molecule has 0 atom stereocenters. The standard InChI is InChI=1S/C16H18N2O4S/c1-10-14(15(20)22-3)23-16(17-10)18-13(19)9-6-11-4-7-12(21-2)8-5-11/h4-5,7-8H,6,9H2,1-3H3,(H,17,18,19). The molecule has 6 nitrogen and oxygen atoms in total. The minimum Gasteiger partial charge on any atom is -0.497 e. The predicted molar refractivity (Wildman–Crippen MR) is 88.1 cm³/mol. The molecule has 1 amide bonds. The SMILES string of the molecule is COC(=O)c1sc(NC(=O)CCc2ccc(OC)cc2)nc1C. The van der Waals surface area contributed by atoms with Crippen LogP contribution in [0.5, 0.6) is 5.75 Å². The van der Waals surface area contributed by atoms with E-state index >= 15 is 0 Å². The Hall–Kier alpha value is -2.41. The second-order valence-electron chi connectivity index (χ2n) is 4.82. The smallest absolute Gasteiger partial charge is 0.350 e. The highest BCUT2D eigenvalue weighted by Gasteiger charge is 2.16. The lowest BCUT2D eigenvalue weighted by molar-refractivity contribution is -0.116. The van der Waals surface area contributed by atoms with E-state index < -0.39 is 5.97 Å². The van der Waals surface area contributed by atoms with Gasteiger partial charge in [-0.3, -0.25) is 4.79 Å². The lowest BCUT2D eigenvalue weighted by atomic mass is 10.1. The van der Waals surface area contributed by atoms with Gasteiger partial charge in [-0.15, -0.1) is 0 Å². The van der Waals surface area contributed by atoms with Gasteiger partial charge in [0.05, 0.1) is 19.9 Å². The molecule has 0 aliphatic carbocycles. The fraction of sp³-hybridized carbons (Fsp3) is 0.312. The van der Waals surface area contributed by atoms with Crippen molar-refractivity contribution in [2.24, 2.45) is 0 Å². The third-order valence-electron chi connectivity index (χ3n) is 3.21. The maximum Gasteiger partial charge on any atom is 0.350 e. The van der Waals surface area contributed by atoms with Crippen LogP contribution in [0.1, 0.15) is 27.3 Å². The molecule has 122 valence electrons. The van der Waals surface area contributed by atoms with Crippen molar-refractivity contribution in [2.45, 2.75) is 19.8 Å². The number of benzene rings is 1. The van der Waals surface area contributed by atoms with Gasteiger partial charge in [-0.05, 0) is 31.0 Å². The monoisotopic (exact) mass is 334 g/mol. The summed E-state index contributed by atoms with van der Waals surface area (Å²) < 4.78 is 9.76. The van der Waals surface area contributed by atoms with Crippen LogP contribution in [-0.4, -0.2) is 31.1 Å². The topological polar surface area (TPSA) is 77.5 Å². The molecule has 2 aromatic rings. The lowest BCUT2D eigenvalue weighted by Crippen LogP contribution is -2.12. The third kappa shape index (κ3) is 4.53. The fourth-order valence-electron chi connectivity index (χ4n) is 1.96. The number of hydrogen-bond acceptors (Lipinski definition) is 6. The van der Waals surface area contributed by atoms with Gasteiger partial charge in [-0.25, -0.2) is 9.78 Å². The third-order valence-corrected chi connectivity index (χ3v) is 4.27. The average Bonchev–Trinajstić information content (AvgIpc) is 2.93. The van der Waals surface area contributed by atoms with Crippen LogP contribution >= 0.6 is 11.3 Å². The molecule has 1 aromatic heterocycles. The molecule has 2 rings (SSSR count). The second kappa shape index (κ2) is 7.73. The van der Waals surface area contributed by atoms with E-state index in [2.05, 4.69) is 15.0 Å². The molecule has 23 heavy (non-hydrogen) atoms. The number of hydrogen-bond donors (Lipinski definition) is 1. The van der Waals surface area contributed by atoms with Crippen LogP contribution in [0.25, 0.3) is 0 Å². The summed E-state index contributed by atoms with van der Waals surface area (Å²) in [5.74, 6) is 0.191. The van der Waals surface area contributed by atoms with Crippen molar-refractivity contribution in [2.75, 3.05) is 19.5 Å². The Bertz CT molecular complexity index is 695. The highest BCUT2D eigenvalue weighted by molar-refractivity contribution is 7.17. The molecule has 1 N–H and O–H groups in total. The van der Waals surface area contributed by atoms with Gasteiger partial charge in [-0.1, -0.05) is 23.5 Å². The number of methoxy groups -OCH3 is 2. The number of carbonyl (C=O) groups excluding carboxylic acids is 2. The number of nitrogens with zero attached hydrogens (tertiary/aromatic N) is 1. The Balaban J connectivity index is 1.90. The summed E-state index contributed by atoms with van der Waals surface area (Å²) >= 11 is 1.11. The summed E-state index contributed by atoms with van der Waals surface area (Å²) in [7, 11) is 2.93. The zero-order valence-corrected chi connectivity index (χ0v) is 14.0. The van der Waals surface area contributed by atoms with E-state index in [1.165, 1.54) is 7.11 Å². The van der Waals surface area contributed by atoms with Gasteiger partial charge >= 0.3 is 5.97 Å². The summed E-state index contributed by atoms with van der Waals surface area (Å²) in [6.07, 6.45) is 0.947. The first-order valence-electron chi connectivity index (χ1n) is 7.02. The molecule has 7 heteroatoms. The Kier molecular flexibility index (Phi) is 5.70. The maximum atomic E-state index is 12.0. The van der Waals surface area contributed by atoms with E-state index in [-0.39, 0.29) is 5.91 Å². The van der Waals surface area contributed by atoms with E-state index in [0.717, 1.165) is 22.6 Å². The molecule has 0 radical (unpaired) electrons. The Morgan fingerprint density at radius 1 is 1.22 bits per heavy atom. The molecular formula is C16H18N2O4S. The first-order valence-corrected chi connectivity index (χ1v) is 7.83. The van der Waals surface area contributed by atoms with Gasteiger partial charge in [-0.2, -0.15) is 0 Å². The van der Waals surface area contributed by atoms with Crippen LogP contribution in [-0.2, 0) is 16.0 Å². The van der Waals surface area contributed by atoms with Gasteiger partial charge in [0.15, 0.2) is 5.13 Å². The molecule has 1 aromatic carbocycles. The van der Waals surface area contributed by atoms with E-state index in [4.69, 9.17) is 4.74 Å². The minimum atomic E-state index is -0.446. The Morgan fingerprint density at radius 2 is 1.91 bits per heavy atom. The largest absolute Gasteiger partial charge is 0.497 e. The number of ether oxygens (including phenoxy) is 2. The summed E-state index contributed by atoms with van der Waals surface area (Å²) in [5.41, 5.74) is 1.60. The van der Waals surface area contributed by atoms with Crippen LogP contribution < -0.4 is 10.1 Å². The summed E-state index contributed by atoms with van der Waals surface area (Å²) in [5, 5.41) is 3.12. The van der Waals surface area contributed by atoms with Crippen molar-refractivity contribution in [3.8, 4) is 5.75 Å². The zero-order chi connectivity index (χ0) is 16.8. The van der Waals surface area contributed by atoms with Crippen LogP contribution in [0.3, 0.4) is 0 Å². The maximum absolute atomic E-state index is 12.0. The molecule has 1 heterocycles. The molecular weight excluding hydrogens is 316 g/mol. The number of anilines is 1. The molecule has 0 fully saturated rings. The van der Waals surface area contributed by atoms with Crippen LogP contribution in [0.2, 0.25) is 0 Å². The van der Waals surface area contributed by atoms with Gasteiger partial charge in [0.25, 0.3) is 0 Å². The molecule has 0 saturated carbocycles. The van der Waals surface area contributed by atoms with Gasteiger partial charge < -0.3 is 14.8 Å². The number of aromatic nitrogens is 1. The second-order valence-corrected chi connectivity index (χ2v) is 5.82. The molecule has 0 bridgehead atoms. The van der Waals surface area contributed by atoms with Crippen molar-refractivity contribution < 1.29 is 19.1 Å². The number of thiazole rings is 1. The van der Waals surface area contributed by atoms with Crippen molar-refractivity contribution in [3.05, 3.63) is 40.4 Å². The molecule has 0 spiro atoms. The number of rotatable bonds is 6. The Morgan fingerprint density at radius 3 is 2.52 bits per heavy atom. The first kappa shape index (κ1) is 17.0. The minimum absolute atomic E-state index is 0.147. The van der Waals surface area contributed by atoms with Crippen LogP contribution in [0.15, 0.2) is 24.3 Å². The number of aryl methyl sites for hydroxylation is 2. The van der Waals surface area contributed by atoms with E-state index in [1.54, 1.807) is 14.0 Å². The van der Waals surface area contributed by atoms with Crippen molar-refractivity contribution in [1.29, 1.82) is 0 Å². The molecule has 0 unspecified atom stereocenters.